The van der Waals surface area contributed by atoms with Crippen LogP contribution in [0.15, 0.2) is 40.8 Å². The molecule has 136 valence electrons. The van der Waals surface area contributed by atoms with E-state index in [9.17, 15) is 0 Å². The van der Waals surface area contributed by atoms with Crippen molar-refractivity contribution < 1.29 is 4.42 Å². The fourth-order valence-corrected chi connectivity index (χ4v) is 4.13. The minimum atomic E-state index is 0.0397. The van der Waals surface area contributed by atoms with Gasteiger partial charge in [0.05, 0.1) is 0 Å². The third-order valence-corrected chi connectivity index (χ3v) is 5.77. The highest BCUT2D eigenvalue weighted by atomic mass is 16.3. The molecule has 1 nitrogen and oxygen atoms in total. The zero-order valence-corrected chi connectivity index (χ0v) is 16.8. The molecule has 0 unspecified atom stereocenters. The molecule has 2 aromatic carbocycles. The van der Waals surface area contributed by atoms with Gasteiger partial charge in [0.15, 0.2) is 0 Å². The summed E-state index contributed by atoms with van der Waals surface area (Å²) >= 11 is 0. The zero-order valence-electron chi connectivity index (χ0n) is 16.8. The van der Waals surface area contributed by atoms with Gasteiger partial charge in [-0.1, -0.05) is 65.0 Å². The first-order valence-electron chi connectivity index (χ1n) is 9.99. The lowest BCUT2D eigenvalue weighted by atomic mass is 9.88. The first-order valence-corrected chi connectivity index (χ1v) is 9.99. The SMILES string of the molecule is CC(C)c1cc2ccc1CCc1ccc(c3oc(C(C)(C)C)cc13)CC2. The molecule has 0 aliphatic heterocycles. The van der Waals surface area contributed by atoms with Crippen molar-refractivity contribution in [3.8, 4) is 0 Å². The molecule has 0 spiro atoms. The van der Waals surface area contributed by atoms with E-state index in [4.69, 9.17) is 4.42 Å². The van der Waals surface area contributed by atoms with E-state index in [1.165, 1.54) is 33.2 Å². The molecule has 26 heavy (non-hydrogen) atoms. The van der Waals surface area contributed by atoms with E-state index in [1.54, 1.807) is 0 Å². The summed E-state index contributed by atoms with van der Waals surface area (Å²) in [7, 11) is 0. The molecule has 0 saturated carbocycles. The van der Waals surface area contributed by atoms with Gasteiger partial charge in [0.2, 0.25) is 0 Å². The number of rotatable bonds is 1. The van der Waals surface area contributed by atoms with Crippen molar-refractivity contribution in [1.29, 1.82) is 0 Å². The summed E-state index contributed by atoms with van der Waals surface area (Å²) in [4.78, 5) is 0. The minimum absolute atomic E-state index is 0.0397. The smallest absolute Gasteiger partial charge is 0.137 e. The predicted octanol–water partition coefficient (Wildman–Crippen LogP) is 6.74. The molecule has 0 N–H and O–H groups in total. The Hall–Kier alpha value is -2.02. The van der Waals surface area contributed by atoms with E-state index in [0.717, 1.165) is 37.0 Å². The molecule has 0 amide bonds. The third-order valence-electron chi connectivity index (χ3n) is 5.77. The summed E-state index contributed by atoms with van der Waals surface area (Å²) in [5, 5.41) is 1.33. The monoisotopic (exact) mass is 346 g/mol. The number of aryl methyl sites for hydroxylation is 4. The predicted molar refractivity (Wildman–Crippen MR) is 110 cm³/mol. The maximum atomic E-state index is 6.39. The molecule has 0 radical (unpaired) electrons. The van der Waals surface area contributed by atoms with Crippen LogP contribution in [0.2, 0.25) is 0 Å². The van der Waals surface area contributed by atoms with Crippen molar-refractivity contribution in [2.45, 2.75) is 71.6 Å². The molecule has 0 saturated heterocycles. The highest BCUT2D eigenvalue weighted by Gasteiger charge is 2.22. The standard InChI is InChI=1S/C25H30O/c1-16(2)21-14-17-6-8-18(21)10-11-19-12-13-20(9-7-17)24-22(19)15-23(26-24)25(3,4)5/h6,8,12-16H,7,9-11H2,1-5H3. The Bertz CT molecular complexity index is 950. The second-order valence-corrected chi connectivity index (χ2v) is 9.18. The quantitative estimate of drug-likeness (QED) is 0.475. The molecule has 1 heteroatoms. The first-order chi connectivity index (χ1) is 12.3. The molecule has 1 heterocycles. The van der Waals surface area contributed by atoms with E-state index in [1.807, 2.05) is 0 Å². The Kier molecular flexibility index (Phi) is 4.22. The van der Waals surface area contributed by atoms with Gasteiger partial charge in [-0.25, -0.2) is 0 Å². The van der Waals surface area contributed by atoms with Crippen LogP contribution in [0, 0.1) is 0 Å². The summed E-state index contributed by atoms with van der Waals surface area (Å²) in [5.74, 6) is 1.67. The highest BCUT2D eigenvalue weighted by molar-refractivity contribution is 5.85. The second kappa shape index (κ2) is 6.30. The summed E-state index contributed by atoms with van der Waals surface area (Å²) in [5.41, 5.74) is 8.39. The summed E-state index contributed by atoms with van der Waals surface area (Å²) < 4.78 is 6.39. The van der Waals surface area contributed by atoms with Gasteiger partial charge in [-0.15, -0.1) is 0 Å². The van der Waals surface area contributed by atoms with Crippen LogP contribution >= 0.6 is 0 Å². The lowest BCUT2D eigenvalue weighted by Gasteiger charge is -2.17. The van der Waals surface area contributed by atoms with Gasteiger partial charge in [0, 0.05) is 10.8 Å². The van der Waals surface area contributed by atoms with E-state index >= 15 is 0 Å². The Morgan fingerprint density at radius 2 is 1.46 bits per heavy atom. The Morgan fingerprint density at radius 3 is 2.19 bits per heavy atom. The van der Waals surface area contributed by atoms with Gasteiger partial charge in [0.1, 0.15) is 11.3 Å². The number of furan rings is 1. The fourth-order valence-electron chi connectivity index (χ4n) is 4.13. The van der Waals surface area contributed by atoms with Crippen molar-refractivity contribution in [3.05, 3.63) is 70.0 Å². The molecule has 3 aromatic rings. The maximum Gasteiger partial charge on any atom is 0.137 e. The average molecular weight is 347 g/mol. The first kappa shape index (κ1) is 17.4. The van der Waals surface area contributed by atoms with Crippen molar-refractivity contribution >= 4 is 11.0 Å². The van der Waals surface area contributed by atoms with Crippen molar-refractivity contribution in [2.24, 2.45) is 0 Å². The molecule has 4 bridgehead atoms. The summed E-state index contributed by atoms with van der Waals surface area (Å²) in [6, 6.07) is 14.1. The van der Waals surface area contributed by atoms with Crippen LogP contribution in [0.1, 0.15) is 74.1 Å². The van der Waals surface area contributed by atoms with E-state index in [0.29, 0.717) is 5.92 Å². The Balaban J connectivity index is 1.85. The summed E-state index contributed by atoms with van der Waals surface area (Å²) in [6.45, 7) is 11.3. The molecule has 1 aromatic heterocycles. The van der Waals surface area contributed by atoms with Crippen LogP contribution in [-0.4, -0.2) is 0 Å². The van der Waals surface area contributed by atoms with Crippen molar-refractivity contribution in [3.63, 3.8) is 0 Å². The van der Waals surface area contributed by atoms with Gasteiger partial charge in [-0.3, -0.25) is 0 Å². The topological polar surface area (TPSA) is 13.1 Å². The van der Waals surface area contributed by atoms with Crippen LogP contribution in [0.3, 0.4) is 0 Å². The number of hydrogen-bond donors (Lipinski definition) is 0. The van der Waals surface area contributed by atoms with Gasteiger partial charge in [-0.2, -0.15) is 0 Å². The molecule has 0 atom stereocenters. The molecular formula is C25H30O. The van der Waals surface area contributed by atoms with Crippen molar-refractivity contribution in [1.82, 2.24) is 0 Å². The molecule has 4 aliphatic carbocycles. The van der Waals surface area contributed by atoms with E-state index in [2.05, 4.69) is 71.0 Å². The number of hydrogen-bond acceptors (Lipinski definition) is 1. The third kappa shape index (κ3) is 3.09. The normalized spacial score (nSPS) is 14.8. The molecule has 0 fully saturated rings. The van der Waals surface area contributed by atoms with Crippen LogP contribution in [0.4, 0.5) is 0 Å². The zero-order chi connectivity index (χ0) is 18.5. The second-order valence-electron chi connectivity index (χ2n) is 9.18. The molecule has 7 rings (SSSR count). The highest BCUT2D eigenvalue weighted by Crippen LogP contribution is 2.35. The van der Waals surface area contributed by atoms with Crippen LogP contribution < -0.4 is 0 Å². The van der Waals surface area contributed by atoms with E-state index < -0.39 is 0 Å². The fraction of sp³-hybridized carbons (Fsp3) is 0.440. The minimum Gasteiger partial charge on any atom is -0.460 e. The van der Waals surface area contributed by atoms with Gasteiger partial charge < -0.3 is 4.42 Å². The maximum absolute atomic E-state index is 6.39. The van der Waals surface area contributed by atoms with Crippen LogP contribution in [-0.2, 0) is 31.1 Å². The van der Waals surface area contributed by atoms with E-state index in [-0.39, 0.29) is 5.41 Å². The lowest BCUT2D eigenvalue weighted by Crippen LogP contribution is -2.08. The van der Waals surface area contributed by atoms with Crippen molar-refractivity contribution in [2.75, 3.05) is 0 Å². The average Bonchev–Trinajstić information content (AvgIpc) is 3.02. The molecular weight excluding hydrogens is 316 g/mol. The molecule has 4 aliphatic rings. The largest absolute Gasteiger partial charge is 0.460 e. The Labute approximate surface area is 157 Å². The van der Waals surface area contributed by atoms with Crippen LogP contribution in [0.5, 0.6) is 0 Å². The van der Waals surface area contributed by atoms with Gasteiger partial charge >= 0.3 is 0 Å². The summed E-state index contributed by atoms with van der Waals surface area (Å²) in [6.07, 6.45) is 4.27. The lowest BCUT2D eigenvalue weighted by molar-refractivity contribution is 0.429. The van der Waals surface area contributed by atoms with Gasteiger partial charge in [-0.05, 0) is 65.5 Å². The Morgan fingerprint density at radius 1 is 0.808 bits per heavy atom. The number of benzene rings is 2. The van der Waals surface area contributed by atoms with Crippen LogP contribution in [0.25, 0.3) is 11.0 Å². The van der Waals surface area contributed by atoms with Gasteiger partial charge in [0.25, 0.3) is 0 Å².